The minimum atomic E-state index is -0.442. The lowest BCUT2D eigenvalue weighted by Gasteiger charge is -2.06. The van der Waals surface area contributed by atoms with Crippen molar-refractivity contribution in [3.8, 4) is 11.3 Å². The molecule has 0 bridgehead atoms. The lowest BCUT2D eigenvalue weighted by molar-refractivity contribution is -0.121. The van der Waals surface area contributed by atoms with Crippen LogP contribution in [0.4, 0.5) is 4.39 Å². The average Bonchev–Trinajstić information content (AvgIpc) is 3.18. The van der Waals surface area contributed by atoms with E-state index in [1.807, 2.05) is 30.3 Å². The van der Waals surface area contributed by atoms with Crippen LogP contribution >= 0.6 is 0 Å². The van der Waals surface area contributed by atoms with Crippen LogP contribution in [0.5, 0.6) is 0 Å². The Morgan fingerprint density at radius 1 is 1.00 bits per heavy atom. The maximum Gasteiger partial charge on any atom is 0.273 e. The van der Waals surface area contributed by atoms with Crippen LogP contribution < -0.4 is 10.6 Å². The third-order valence-electron chi connectivity index (χ3n) is 3.84. The number of rotatable bonds is 7. The molecule has 7 heteroatoms. The molecule has 0 unspecified atom stereocenters. The molecule has 2 aromatic carbocycles. The van der Waals surface area contributed by atoms with Crippen molar-refractivity contribution in [1.82, 2.24) is 15.8 Å². The zero-order valence-corrected chi connectivity index (χ0v) is 14.4. The van der Waals surface area contributed by atoms with Gasteiger partial charge in [-0.25, -0.2) is 4.39 Å². The first kappa shape index (κ1) is 18.3. The highest BCUT2D eigenvalue weighted by molar-refractivity contribution is 5.93. The fraction of sp³-hybridized carbons (Fsp3) is 0.150. The number of nitrogens with zero attached hydrogens (tertiary/aromatic N) is 1. The molecule has 2 N–H and O–H groups in total. The second kappa shape index (κ2) is 8.75. The molecule has 6 nitrogen and oxygen atoms in total. The quantitative estimate of drug-likeness (QED) is 0.672. The Morgan fingerprint density at radius 2 is 1.74 bits per heavy atom. The van der Waals surface area contributed by atoms with Gasteiger partial charge in [-0.2, -0.15) is 0 Å². The molecule has 27 heavy (non-hydrogen) atoms. The van der Waals surface area contributed by atoms with Gasteiger partial charge < -0.3 is 15.2 Å². The summed E-state index contributed by atoms with van der Waals surface area (Å²) in [5, 5.41) is 9.11. The first-order valence-corrected chi connectivity index (χ1v) is 8.43. The molecule has 0 radical (unpaired) electrons. The van der Waals surface area contributed by atoms with E-state index < -0.39 is 5.91 Å². The highest BCUT2D eigenvalue weighted by Crippen LogP contribution is 2.20. The van der Waals surface area contributed by atoms with Gasteiger partial charge in [0.1, 0.15) is 5.82 Å². The largest absolute Gasteiger partial charge is 0.355 e. The molecular weight excluding hydrogens is 349 g/mol. The van der Waals surface area contributed by atoms with Crippen molar-refractivity contribution in [2.75, 3.05) is 6.54 Å². The number of amides is 2. The summed E-state index contributed by atoms with van der Waals surface area (Å²) in [6, 6.07) is 16.7. The summed E-state index contributed by atoms with van der Waals surface area (Å²) in [5.41, 5.74) is 1.72. The van der Waals surface area contributed by atoms with E-state index in [0.29, 0.717) is 17.9 Å². The third kappa shape index (κ3) is 5.24. The molecule has 1 heterocycles. The van der Waals surface area contributed by atoms with Crippen molar-refractivity contribution in [2.45, 2.75) is 13.0 Å². The van der Waals surface area contributed by atoms with Crippen LogP contribution in [0.3, 0.4) is 0 Å². The molecule has 138 valence electrons. The van der Waals surface area contributed by atoms with Gasteiger partial charge in [0.05, 0.1) is 0 Å². The van der Waals surface area contributed by atoms with Crippen LogP contribution in [0.25, 0.3) is 11.3 Å². The SMILES string of the molecule is O=C(CCNC(=O)c1cc(-c2ccc(F)cc2)on1)NCc1ccccc1. The van der Waals surface area contributed by atoms with Crippen LogP contribution in [0.15, 0.2) is 65.2 Å². The van der Waals surface area contributed by atoms with Gasteiger partial charge in [-0.1, -0.05) is 35.5 Å². The number of hydrogen-bond acceptors (Lipinski definition) is 4. The first-order valence-electron chi connectivity index (χ1n) is 8.43. The summed E-state index contributed by atoms with van der Waals surface area (Å²) in [4.78, 5) is 23.9. The maximum absolute atomic E-state index is 12.9. The predicted molar refractivity (Wildman–Crippen MR) is 97.1 cm³/mol. The standard InChI is InChI=1S/C20H18FN3O3/c21-16-8-6-15(7-9-16)18-12-17(24-27-18)20(26)22-11-10-19(25)23-13-14-4-2-1-3-5-14/h1-9,12H,10-11,13H2,(H,22,26)(H,23,25). The van der Waals surface area contributed by atoms with E-state index in [1.165, 1.54) is 30.3 Å². The van der Waals surface area contributed by atoms with Crippen molar-refractivity contribution < 1.29 is 18.5 Å². The number of hydrogen-bond donors (Lipinski definition) is 2. The predicted octanol–water partition coefficient (Wildman–Crippen LogP) is 2.92. The molecule has 0 atom stereocenters. The summed E-state index contributed by atoms with van der Waals surface area (Å²) in [6.45, 7) is 0.621. The summed E-state index contributed by atoms with van der Waals surface area (Å²) >= 11 is 0. The van der Waals surface area contributed by atoms with Crippen molar-refractivity contribution in [1.29, 1.82) is 0 Å². The molecule has 0 aliphatic heterocycles. The Morgan fingerprint density at radius 3 is 2.48 bits per heavy atom. The van der Waals surface area contributed by atoms with E-state index in [9.17, 15) is 14.0 Å². The molecule has 0 aliphatic carbocycles. The highest BCUT2D eigenvalue weighted by atomic mass is 19.1. The first-order chi connectivity index (χ1) is 13.1. The van der Waals surface area contributed by atoms with Gasteiger partial charge in [-0.05, 0) is 29.8 Å². The molecular formula is C20H18FN3O3. The summed E-state index contributed by atoms with van der Waals surface area (Å²) in [5.74, 6) is -0.600. The fourth-order valence-corrected chi connectivity index (χ4v) is 2.40. The fourth-order valence-electron chi connectivity index (χ4n) is 2.40. The zero-order chi connectivity index (χ0) is 19.1. The Labute approximate surface area is 155 Å². The number of benzene rings is 2. The normalized spacial score (nSPS) is 10.4. The van der Waals surface area contributed by atoms with E-state index in [-0.39, 0.29) is 30.4 Å². The Balaban J connectivity index is 1.44. The van der Waals surface area contributed by atoms with E-state index in [0.717, 1.165) is 5.56 Å². The van der Waals surface area contributed by atoms with Crippen LogP contribution in [-0.4, -0.2) is 23.5 Å². The molecule has 1 aromatic heterocycles. The molecule has 0 spiro atoms. The number of carbonyl (C=O) groups excluding carboxylic acids is 2. The molecule has 2 amide bonds. The van der Waals surface area contributed by atoms with Gasteiger partial charge in [0.15, 0.2) is 11.5 Å². The second-order valence-electron chi connectivity index (χ2n) is 5.85. The molecule has 3 aromatic rings. The highest BCUT2D eigenvalue weighted by Gasteiger charge is 2.14. The topological polar surface area (TPSA) is 84.2 Å². The maximum atomic E-state index is 12.9. The van der Waals surface area contributed by atoms with E-state index in [1.54, 1.807) is 0 Å². The van der Waals surface area contributed by atoms with Crippen molar-refractivity contribution in [3.63, 3.8) is 0 Å². The average molecular weight is 367 g/mol. The van der Waals surface area contributed by atoms with Crippen LogP contribution in [-0.2, 0) is 11.3 Å². The molecule has 0 fully saturated rings. The smallest absolute Gasteiger partial charge is 0.273 e. The van der Waals surface area contributed by atoms with E-state index >= 15 is 0 Å². The van der Waals surface area contributed by atoms with Crippen LogP contribution in [0.1, 0.15) is 22.5 Å². The van der Waals surface area contributed by atoms with Crippen molar-refractivity contribution in [3.05, 3.63) is 77.7 Å². The minimum Gasteiger partial charge on any atom is -0.355 e. The number of halogens is 1. The van der Waals surface area contributed by atoms with Gasteiger partial charge in [0.25, 0.3) is 5.91 Å². The van der Waals surface area contributed by atoms with Gasteiger partial charge in [-0.15, -0.1) is 0 Å². The Hall–Kier alpha value is -3.48. The van der Waals surface area contributed by atoms with Crippen molar-refractivity contribution >= 4 is 11.8 Å². The summed E-state index contributed by atoms with van der Waals surface area (Å²) in [6.07, 6.45) is 0.154. The summed E-state index contributed by atoms with van der Waals surface area (Å²) in [7, 11) is 0. The molecule has 0 aliphatic rings. The molecule has 0 saturated carbocycles. The number of carbonyl (C=O) groups is 2. The Bertz CT molecular complexity index is 908. The monoisotopic (exact) mass is 367 g/mol. The van der Waals surface area contributed by atoms with E-state index in [2.05, 4.69) is 15.8 Å². The second-order valence-corrected chi connectivity index (χ2v) is 5.85. The van der Waals surface area contributed by atoms with Crippen molar-refractivity contribution in [2.24, 2.45) is 0 Å². The zero-order valence-electron chi connectivity index (χ0n) is 14.4. The van der Waals surface area contributed by atoms with Gasteiger partial charge >= 0.3 is 0 Å². The number of nitrogens with one attached hydrogen (secondary N) is 2. The van der Waals surface area contributed by atoms with Gasteiger partial charge in [0.2, 0.25) is 5.91 Å². The lowest BCUT2D eigenvalue weighted by atomic mass is 10.1. The molecule has 3 rings (SSSR count). The number of aromatic nitrogens is 1. The van der Waals surface area contributed by atoms with Gasteiger partial charge in [-0.3, -0.25) is 9.59 Å². The lowest BCUT2D eigenvalue weighted by Crippen LogP contribution is -2.30. The van der Waals surface area contributed by atoms with Gasteiger partial charge in [0, 0.05) is 31.1 Å². The molecule has 0 saturated heterocycles. The van der Waals surface area contributed by atoms with Crippen LogP contribution in [0.2, 0.25) is 0 Å². The minimum absolute atomic E-state index is 0.0963. The van der Waals surface area contributed by atoms with Crippen LogP contribution in [0, 0.1) is 5.82 Å². The van der Waals surface area contributed by atoms with E-state index in [4.69, 9.17) is 4.52 Å². The Kier molecular flexibility index (Phi) is 5.94. The third-order valence-corrected chi connectivity index (χ3v) is 3.84. The summed E-state index contributed by atoms with van der Waals surface area (Å²) < 4.78 is 18.1.